The van der Waals surface area contributed by atoms with Gasteiger partial charge in [0.15, 0.2) is 0 Å². The van der Waals surface area contributed by atoms with Crippen LogP contribution >= 0.6 is 0 Å². The van der Waals surface area contributed by atoms with Crippen LogP contribution in [0.3, 0.4) is 0 Å². The highest BCUT2D eigenvalue weighted by molar-refractivity contribution is 6.06. The molecule has 4 aromatic carbocycles. The lowest BCUT2D eigenvalue weighted by Crippen LogP contribution is -2.33. The van der Waals surface area contributed by atoms with Crippen molar-refractivity contribution < 1.29 is 24.2 Å². The molecule has 2 N–H and O–H groups in total. The van der Waals surface area contributed by atoms with E-state index in [1.54, 1.807) is 25.3 Å². The Balaban J connectivity index is 1.45. The number of rotatable bonds is 10. The fraction of sp³-hybridized carbons (Fsp3) is 0.229. The van der Waals surface area contributed by atoms with Crippen molar-refractivity contribution in [3.63, 3.8) is 0 Å². The van der Waals surface area contributed by atoms with Gasteiger partial charge in [0, 0.05) is 24.2 Å². The summed E-state index contributed by atoms with van der Waals surface area (Å²) in [6, 6.07) is 29.9. The first-order valence-corrected chi connectivity index (χ1v) is 14.2. The number of methoxy groups -OCH3 is 1. The number of carbonyl (C=O) groups excluding carboxylic acids is 2. The van der Waals surface area contributed by atoms with Gasteiger partial charge in [-0.3, -0.25) is 14.4 Å². The lowest BCUT2D eigenvalue weighted by Gasteiger charge is -2.27. The highest BCUT2D eigenvalue weighted by atomic mass is 16.5. The Labute approximate surface area is 245 Å². The summed E-state index contributed by atoms with van der Waals surface area (Å²) in [5, 5.41) is 12.6. The zero-order chi connectivity index (χ0) is 29.5. The Morgan fingerprint density at radius 3 is 2.21 bits per heavy atom. The lowest BCUT2D eigenvalue weighted by atomic mass is 9.87. The standard InChI is InChI=1S/C35H34N2O5/c1-42-26-19-17-24(18-20-26)23-37(22-21-33(38)39)35(41)31-15-7-5-13-29(31)28-12-4-6-14-30(28)34(40)36-32-16-8-10-25-9-2-3-11-27(25)32/h2-7,9,11-15,17-20,32H,8,10,16,21-23H2,1H3,(H,36,40)(H,38,39). The molecular weight excluding hydrogens is 528 g/mol. The number of amides is 2. The number of hydrogen-bond donors (Lipinski definition) is 2. The van der Waals surface area contributed by atoms with E-state index in [9.17, 15) is 19.5 Å². The van der Waals surface area contributed by atoms with E-state index in [1.165, 1.54) is 10.5 Å². The highest BCUT2D eigenvalue weighted by Crippen LogP contribution is 2.32. The highest BCUT2D eigenvalue weighted by Gasteiger charge is 2.25. The van der Waals surface area contributed by atoms with Gasteiger partial charge in [0.2, 0.25) is 0 Å². The van der Waals surface area contributed by atoms with Gasteiger partial charge < -0.3 is 20.1 Å². The van der Waals surface area contributed by atoms with E-state index in [2.05, 4.69) is 17.4 Å². The summed E-state index contributed by atoms with van der Waals surface area (Å²) in [5.41, 5.74) is 5.40. The summed E-state index contributed by atoms with van der Waals surface area (Å²) < 4.78 is 5.24. The van der Waals surface area contributed by atoms with Crippen molar-refractivity contribution in [2.24, 2.45) is 0 Å². The molecule has 0 saturated carbocycles. The normalized spacial score (nSPS) is 14.0. The summed E-state index contributed by atoms with van der Waals surface area (Å²) in [6.45, 7) is 0.269. The number of aryl methyl sites for hydroxylation is 1. The number of carbonyl (C=O) groups is 3. The maximum Gasteiger partial charge on any atom is 0.305 e. The van der Waals surface area contributed by atoms with Crippen molar-refractivity contribution in [2.75, 3.05) is 13.7 Å². The van der Waals surface area contributed by atoms with Gasteiger partial charge in [-0.2, -0.15) is 0 Å². The number of aliphatic carboxylic acids is 1. The van der Waals surface area contributed by atoms with Gasteiger partial charge >= 0.3 is 5.97 Å². The molecule has 0 fully saturated rings. The molecule has 1 aliphatic carbocycles. The molecule has 0 bridgehead atoms. The summed E-state index contributed by atoms with van der Waals surface area (Å²) in [4.78, 5) is 40.7. The average Bonchev–Trinajstić information content (AvgIpc) is 3.03. The monoisotopic (exact) mass is 562 g/mol. The number of benzene rings is 4. The Kier molecular flexibility index (Phi) is 8.97. The Bertz CT molecular complexity index is 1580. The van der Waals surface area contributed by atoms with E-state index in [0.717, 1.165) is 30.4 Å². The van der Waals surface area contributed by atoms with Crippen LogP contribution < -0.4 is 10.1 Å². The third-order valence-electron chi connectivity index (χ3n) is 7.71. The molecule has 0 heterocycles. The second-order valence-electron chi connectivity index (χ2n) is 10.4. The Morgan fingerprint density at radius 1 is 0.857 bits per heavy atom. The van der Waals surface area contributed by atoms with Gasteiger partial charge in [-0.25, -0.2) is 0 Å². The topological polar surface area (TPSA) is 95.9 Å². The fourth-order valence-corrected chi connectivity index (χ4v) is 5.57. The van der Waals surface area contributed by atoms with Crippen molar-refractivity contribution in [3.8, 4) is 16.9 Å². The van der Waals surface area contributed by atoms with Gasteiger partial charge in [0.25, 0.3) is 11.8 Å². The van der Waals surface area contributed by atoms with Crippen LogP contribution in [0.25, 0.3) is 11.1 Å². The Morgan fingerprint density at radius 2 is 1.50 bits per heavy atom. The van der Waals surface area contributed by atoms with Crippen LogP contribution in [0.2, 0.25) is 0 Å². The molecule has 1 aliphatic rings. The minimum absolute atomic E-state index is 0.0394. The van der Waals surface area contributed by atoms with E-state index >= 15 is 0 Å². The number of carboxylic acids is 1. The fourth-order valence-electron chi connectivity index (χ4n) is 5.57. The molecule has 2 amide bonds. The summed E-state index contributed by atoms with van der Waals surface area (Å²) >= 11 is 0. The van der Waals surface area contributed by atoms with E-state index in [1.807, 2.05) is 66.7 Å². The van der Waals surface area contributed by atoms with E-state index < -0.39 is 5.97 Å². The van der Waals surface area contributed by atoms with Crippen LogP contribution in [-0.2, 0) is 17.8 Å². The molecule has 1 unspecified atom stereocenters. The predicted octanol–water partition coefficient (Wildman–Crippen LogP) is 6.29. The van der Waals surface area contributed by atoms with Crippen molar-refractivity contribution >= 4 is 17.8 Å². The van der Waals surface area contributed by atoms with E-state index in [4.69, 9.17) is 4.74 Å². The van der Waals surface area contributed by atoms with Crippen LogP contribution in [0.4, 0.5) is 0 Å². The number of nitrogens with one attached hydrogen (secondary N) is 1. The molecule has 0 aliphatic heterocycles. The molecular formula is C35H34N2O5. The smallest absolute Gasteiger partial charge is 0.305 e. The third kappa shape index (κ3) is 6.52. The summed E-state index contributed by atoms with van der Waals surface area (Å²) in [7, 11) is 1.58. The Hall–Kier alpha value is -4.91. The molecule has 0 spiro atoms. The van der Waals surface area contributed by atoms with E-state index in [0.29, 0.717) is 28.0 Å². The maximum absolute atomic E-state index is 14.0. The van der Waals surface area contributed by atoms with Gasteiger partial charge in [0.05, 0.1) is 19.6 Å². The second-order valence-corrected chi connectivity index (χ2v) is 10.4. The van der Waals surface area contributed by atoms with Crippen LogP contribution in [-0.4, -0.2) is 41.4 Å². The minimum atomic E-state index is -0.984. The van der Waals surface area contributed by atoms with Crippen molar-refractivity contribution in [2.45, 2.75) is 38.3 Å². The third-order valence-corrected chi connectivity index (χ3v) is 7.71. The van der Waals surface area contributed by atoms with Crippen LogP contribution in [0.15, 0.2) is 97.1 Å². The van der Waals surface area contributed by atoms with Gasteiger partial charge in [0.1, 0.15) is 5.75 Å². The van der Waals surface area contributed by atoms with Gasteiger partial charge in [-0.05, 0) is 71.3 Å². The lowest BCUT2D eigenvalue weighted by molar-refractivity contribution is -0.137. The average molecular weight is 563 g/mol. The first-order chi connectivity index (χ1) is 20.4. The largest absolute Gasteiger partial charge is 0.497 e. The first-order valence-electron chi connectivity index (χ1n) is 14.2. The molecule has 42 heavy (non-hydrogen) atoms. The maximum atomic E-state index is 14.0. The number of nitrogens with zero attached hydrogens (tertiary/aromatic N) is 1. The SMILES string of the molecule is COc1ccc(CN(CCC(=O)O)C(=O)c2ccccc2-c2ccccc2C(=O)NC2CCCc3ccccc32)cc1. The molecule has 7 nitrogen and oxygen atoms in total. The van der Waals surface area contributed by atoms with Crippen molar-refractivity contribution in [3.05, 3.63) is 125 Å². The number of hydrogen-bond acceptors (Lipinski definition) is 4. The first kappa shape index (κ1) is 28.6. The number of fused-ring (bicyclic) bond motifs is 1. The van der Waals surface area contributed by atoms with Crippen molar-refractivity contribution in [1.82, 2.24) is 10.2 Å². The molecule has 214 valence electrons. The quantitative estimate of drug-likeness (QED) is 0.237. The predicted molar refractivity (Wildman–Crippen MR) is 161 cm³/mol. The summed E-state index contributed by atoms with van der Waals surface area (Å²) in [6.07, 6.45) is 2.68. The second kappa shape index (κ2) is 13.2. The van der Waals surface area contributed by atoms with Crippen molar-refractivity contribution in [1.29, 1.82) is 0 Å². The minimum Gasteiger partial charge on any atom is -0.497 e. The molecule has 7 heteroatoms. The van der Waals surface area contributed by atoms with E-state index in [-0.39, 0.29) is 37.4 Å². The van der Waals surface area contributed by atoms with Crippen LogP contribution in [0.5, 0.6) is 5.75 Å². The molecule has 0 aromatic heterocycles. The molecule has 4 aromatic rings. The molecule has 0 saturated heterocycles. The van der Waals surface area contributed by atoms with Gasteiger partial charge in [-0.15, -0.1) is 0 Å². The van der Waals surface area contributed by atoms with Crippen LogP contribution in [0.1, 0.15) is 62.7 Å². The molecule has 1 atom stereocenters. The van der Waals surface area contributed by atoms with Crippen LogP contribution in [0, 0.1) is 0 Å². The van der Waals surface area contributed by atoms with Gasteiger partial charge in [-0.1, -0.05) is 72.8 Å². The summed E-state index contributed by atoms with van der Waals surface area (Å²) in [5.74, 6) is -0.796. The zero-order valence-corrected chi connectivity index (χ0v) is 23.6. The number of carboxylic acid groups (broad SMARTS) is 1. The zero-order valence-electron chi connectivity index (χ0n) is 23.6. The number of ether oxygens (including phenoxy) is 1. The molecule has 5 rings (SSSR count). The molecule has 0 radical (unpaired) electrons.